The van der Waals surface area contributed by atoms with Gasteiger partial charge in [-0.2, -0.15) is 0 Å². The van der Waals surface area contributed by atoms with Crippen LogP contribution in [0.25, 0.3) is 0 Å². The second-order valence-corrected chi connectivity index (χ2v) is 4.53. The zero-order valence-electron chi connectivity index (χ0n) is 11.0. The lowest BCUT2D eigenvalue weighted by molar-refractivity contribution is -0.117. The van der Waals surface area contributed by atoms with Crippen LogP contribution in [0.15, 0.2) is 24.3 Å². The Hall–Kier alpha value is -1.55. The average Bonchev–Trinajstić information content (AvgIpc) is 3.20. The number of hydrogen-bond acceptors (Lipinski definition) is 3. The van der Waals surface area contributed by atoms with E-state index in [1.165, 1.54) is 12.8 Å². The molecular formula is C14H20N2O2. The molecule has 2 rings (SSSR count). The fourth-order valence-corrected chi connectivity index (χ4v) is 1.71. The van der Waals surface area contributed by atoms with Crippen molar-refractivity contribution in [1.29, 1.82) is 0 Å². The molecule has 1 aromatic carbocycles. The van der Waals surface area contributed by atoms with Crippen LogP contribution in [0, 0.1) is 0 Å². The van der Waals surface area contributed by atoms with Crippen molar-refractivity contribution in [2.45, 2.75) is 25.8 Å². The van der Waals surface area contributed by atoms with Crippen molar-refractivity contribution in [2.75, 3.05) is 25.1 Å². The van der Waals surface area contributed by atoms with Crippen LogP contribution in [0.2, 0.25) is 0 Å². The summed E-state index contributed by atoms with van der Waals surface area (Å²) in [6.45, 7) is 3.01. The summed E-state index contributed by atoms with van der Waals surface area (Å²) in [4.78, 5) is 13.6. The molecule has 1 N–H and O–H groups in total. The second kappa shape index (κ2) is 5.87. The molecule has 1 saturated carbocycles. The second-order valence-electron chi connectivity index (χ2n) is 4.53. The smallest absolute Gasteiger partial charge is 0.240 e. The lowest BCUT2D eigenvalue weighted by Gasteiger charge is -2.18. The van der Waals surface area contributed by atoms with Crippen LogP contribution >= 0.6 is 0 Å². The predicted octanol–water partition coefficient (Wildman–Crippen LogP) is 1.80. The van der Waals surface area contributed by atoms with E-state index in [1.807, 2.05) is 31.2 Å². The van der Waals surface area contributed by atoms with Gasteiger partial charge in [0.1, 0.15) is 5.75 Å². The molecule has 0 spiro atoms. The van der Waals surface area contributed by atoms with Crippen molar-refractivity contribution >= 4 is 11.6 Å². The Bertz CT molecular complexity index is 399. The maximum Gasteiger partial charge on any atom is 0.240 e. The number of benzene rings is 1. The minimum atomic E-state index is 0.0889. The summed E-state index contributed by atoms with van der Waals surface area (Å²) >= 11 is 0. The van der Waals surface area contributed by atoms with E-state index in [0.717, 1.165) is 11.4 Å². The molecule has 0 saturated heterocycles. The SMILES string of the molecule is CCOc1ccc(N(C)C(=O)CNC2CC2)cc1. The lowest BCUT2D eigenvalue weighted by Crippen LogP contribution is -2.36. The van der Waals surface area contributed by atoms with Crippen LogP contribution in [0.1, 0.15) is 19.8 Å². The molecule has 0 heterocycles. The highest BCUT2D eigenvalue weighted by atomic mass is 16.5. The van der Waals surface area contributed by atoms with E-state index < -0.39 is 0 Å². The van der Waals surface area contributed by atoms with Crippen LogP contribution in [0.3, 0.4) is 0 Å². The third kappa shape index (κ3) is 3.47. The lowest BCUT2D eigenvalue weighted by atomic mass is 10.2. The van der Waals surface area contributed by atoms with Gasteiger partial charge in [-0.25, -0.2) is 0 Å². The third-order valence-corrected chi connectivity index (χ3v) is 3.03. The number of amides is 1. The number of hydrogen-bond donors (Lipinski definition) is 1. The minimum Gasteiger partial charge on any atom is -0.494 e. The predicted molar refractivity (Wildman–Crippen MR) is 72.0 cm³/mol. The maximum absolute atomic E-state index is 11.9. The Morgan fingerprint density at radius 1 is 1.39 bits per heavy atom. The quantitative estimate of drug-likeness (QED) is 0.834. The van der Waals surface area contributed by atoms with Gasteiger partial charge in [0, 0.05) is 18.8 Å². The van der Waals surface area contributed by atoms with Gasteiger partial charge in [0.2, 0.25) is 5.91 Å². The van der Waals surface area contributed by atoms with Crippen LogP contribution in [-0.4, -0.2) is 32.1 Å². The van der Waals surface area contributed by atoms with Gasteiger partial charge in [0.15, 0.2) is 0 Å². The molecule has 0 radical (unpaired) electrons. The number of ether oxygens (including phenoxy) is 1. The van der Waals surface area contributed by atoms with Gasteiger partial charge in [0.05, 0.1) is 13.2 Å². The standard InChI is InChI=1S/C14H20N2O2/c1-3-18-13-8-6-12(7-9-13)16(2)14(17)10-15-11-4-5-11/h6-9,11,15H,3-5,10H2,1-2H3. The number of nitrogens with one attached hydrogen (secondary N) is 1. The Labute approximate surface area is 108 Å². The zero-order chi connectivity index (χ0) is 13.0. The van der Waals surface area contributed by atoms with Crippen molar-refractivity contribution in [3.05, 3.63) is 24.3 Å². The van der Waals surface area contributed by atoms with Gasteiger partial charge in [0.25, 0.3) is 0 Å². The highest BCUT2D eigenvalue weighted by Gasteiger charge is 2.22. The van der Waals surface area contributed by atoms with Crippen LogP contribution < -0.4 is 15.0 Å². The molecular weight excluding hydrogens is 228 g/mol. The van der Waals surface area contributed by atoms with E-state index in [0.29, 0.717) is 19.2 Å². The van der Waals surface area contributed by atoms with Gasteiger partial charge in [-0.3, -0.25) is 4.79 Å². The van der Waals surface area contributed by atoms with Crippen molar-refractivity contribution in [3.63, 3.8) is 0 Å². The molecule has 1 fully saturated rings. The summed E-state index contributed by atoms with van der Waals surface area (Å²) in [6, 6.07) is 8.14. The molecule has 1 aliphatic carbocycles. The van der Waals surface area contributed by atoms with Gasteiger partial charge in [-0.05, 0) is 44.0 Å². The normalized spacial score (nSPS) is 14.3. The zero-order valence-corrected chi connectivity index (χ0v) is 11.0. The summed E-state index contributed by atoms with van der Waals surface area (Å²) in [5, 5.41) is 3.22. The summed E-state index contributed by atoms with van der Waals surface area (Å²) in [6.07, 6.45) is 2.39. The van der Waals surface area contributed by atoms with E-state index in [-0.39, 0.29) is 5.91 Å². The van der Waals surface area contributed by atoms with Gasteiger partial charge >= 0.3 is 0 Å². The van der Waals surface area contributed by atoms with Crippen molar-refractivity contribution < 1.29 is 9.53 Å². The summed E-state index contributed by atoms with van der Waals surface area (Å²) in [5.74, 6) is 0.921. The number of rotatable bonds is 6. The van der Waals surface area contributed by atoms with E-state index in [2.05, 4.69) is 5.32 Å². The Morgan fingerprint density at radius 3 is 2.61 bits per heavy atom. The minimum absolute atomic E-state index is 0.0889. The summed E-state index contributed by atoms with van der Waals surface area (Å²) in [5.41, 5.74) is 0.890. The fraction of sp³-hybridized carbons (Fsp3) is 0.500. The van der Waals surface area contributed by atoms with Crippen molar-refractivity contribution in [3.8, 4) is 5.75 Å². The number of anilines is 1. The fourth-order valence-electron chi connectivity index (χ4n) is 1.71. The van der Waals surface area contributed by atoms with E-state index in [9.17, 15) is 4.79 Å². The molecule has 4 heteroatoms. The van der Waals surface area contributed by atoms with Crippen LogP contribution in [0.4, 0.5) is 5.69 Å². The largest absolute Gasteiger partial charge is 0.494 e. The molecule has 0 atom stereocenters. The summed E-state index contributed by atoms with van der Waals surface area (Å²) in [7, 11) is 1.80. The van der Waals surface area contributed by atoms with E-state index >= 15 is 0 Å². The molecule has 4 nitrogen and oxygen atoms in total. The first-order chi connectivity index (χ1) is 8.70. The first kappa shape index (κ1) is 12.9. The molecule has 1 aromatic rings. The molecule has 0 unspecified atom stereocenters. The monoisotopic (exact) mass is 248 g/mol. The summed E-state index contributed by atoms with van der Waals surface area (Å²) < 4.78 is 5.37. The van der Waals surface area contributed by atoms with E-state index in [1.54, 1.807) is 11.9 Å². The molecule has 0 aliphatic heterocycles. The highest BCUT2D eigenvalue weighted by molar-refractivity contribution is 5.94. The van der Waals surface area contributed by atoms with Gasteiger partial charge in [-0.15, -0.1) is 0 Å². The maximum atomic E-state index is 11.9. The molecule has 0 aromatic heterocycles. The first-order valence-electron chi connectivity index (χ1n) is 6.43. The van der Waals surface area contributed by atoms with Crippen molar-refractivity contribution in [1.82, 2.24) is 5.32 Å². The van der Waals surface area contributed by atoms with Crippen LogP contribution in [-0.2, 0) is 4.79 Å². The van der Waals surface area contributed by atoms with Gasteiger partial charge < -0.3 is 15.0 Å². The average molecular weight is 248 g/mol. The van der Waals surface area contributed by atoms with Crippen molar-refractivity contribution in [2.24, 2.45) is 0 Å². The Morgan fingerprint density at radius 2 is 2.06 bits per heavy atom. The van der Waals surface area contributed by atoms with Crippen LogP contribution in [0.5, 0.6) is 5.75 Å². The van der Waals surface area contributed by atoms with E-state index in [4.69, 9.17) is 4.74 Å². The number of likely N-dealkylation sites (N-methyl/N-ethyl adjacent to an activating group) is 1. The molecule has 1 amide bonds. The number of carbonyl (C=O) groups excluding carboxylic acids is 1. The number of nitrogens with zero attached hydrogens (tertiary/aromatic N) is 1. The number of carbonyl (C=O) groups is 1. The topological polar surface area (TPSA) is 41.6 Å². The Balaban J connectivity index is 1.89. The van der Waals surface area contributed by atoms with Gasteiger partial charge in [-0.1, -0.05) is 0 Å². The molecule has 0 bridgehead atoms. The molecule has 98 valence electrons. The molecule has 1 aliphatic rings. The highest BCUT2D eigenvalue weighted by Crippen LogP contribution is 2.20. The Kier molecular flexibility index (Phi) is 4.20. The molecule has 18 heavy (non-hydrogen) atoms. The first-order valence-corrected chi connectivity index (χ1v) is 6.43. The third-order valence-electron chi connectivity index (χ3n) is 3.03.